The molecule has 0 bridgehead atoms. The van der Waals surface area contributed by atoms with Crippen LogP contribution >= 0.6 is 0 Å². The summed E-state index contributed by atoms with van der Waals surface area (Å²) in [4.78, 5) is 20.5. The number of amides is 1. The van der Waals surface area contributed by atoms with Crippen molar-refractivity contribution in [2.45, 2.75) is 13.0 Å². The molecule has 0 rings (SSSR count). The number of esters is 1. The van der Waals surface area contributed by atoms with E-state index in [0.29, 0.717) is 0 Å². The lowest BCUT2D eigenvalue weighted by Crippen LogP contribution is -2.28. The van der Waals surface area contributed by atoms with Crippen molar-refractivity contribution in [1.82, 2.24) is 0 Å². The number of hydrogen-bond donors (Lipinski definition) is 1. The number of primary amides is 1. The van der Waals surface area contributed by atoms with Gasteiger partial charge in [-0.3, -0.25) is 0 Å². The Balaban J connectivity index is 3.72. The minimum atomic E-state index is -0.988. The SMILES string of the molecule is COC(=O)[C@H](C)OC(N)=O. The second kappa shape index (κ2) is 3.71. The van der Waals surface area contributed by atoms with Crippen LogP contribution in [0.1, 0.15) is 6.92 Å². The standard InChI is InChI=1S/C5H9NO4/c1-3(4(7)9-2)10-5(6)8/h3H,1-2H3,(H2,6,8)/t3-/m0/s1. The predicted octanol–water partition coefficient (Wildman–Crippen LogP) is -0.357. The summed E-state index contributed by atoms with van der Waals surface area (Å²) in [5.74, 6) is -0.626. The molecule has 58 valence electrons. The quantitative estimate of drug-likeness (QED) is 0.541. The molecule has 0 aromatic heterocycles. The summed E-state index contributed by atoms with van der Waals surface area (Å²) >= 11 is 0. The Hall–Kier alpha value is -1.26. The lowest BCUT2D eigenvalue weighted by molar-refractivity contribution is -0.149. The highest BCUT2D eigenvalue weighted by atomic mass is 16.6. The van der Waals surface area contributed by atoms with Crippen LogP contribution in [0.2, 0.25) is 0 Å². The maximum Gasteiger partial charge on any atom is 0.405 e. The normalized spacial score (nSPS) is 11.8. The van der Waals surface area contributed by atoms with Gasteiger partial charge in [0.05, 0.1) is 7.11 Å². The fraction of sp³-hybridized carbons (Fsp3) is 0.600. The van der Waals surface area contributed by atoms with Gasteiger partial charge in [0.2, 0.25) is 0 Å². The molecule has 0 saturated heterocycles. The zero-order chi connectivity index (χ0) is 8.15. The molecule has 0 fully saturated rings. The molecule has 0 radical (unpaired) electrons. The van der Waals surface area contributed by atoms with Crippen LogP contribution in [0.5, 0.6) is 0 Å². The average Bonchev–Trinajstić information content (AvgIpc) is 1.85. The van der Waals surface area contributed by atoms with E-state index in [0.717, 1.165) is 0 Å². The summed E-state index contributed by atoms with van der Waals surface area (Å²) in [6.45, 7) is 1.37. The number of methoxy groups -OCH3 is 1. The molecule has 5 nitrogen and oxygen atoms in total. The molecular weight excluding hydrogens is 138 g/mol. The second-order valence-corrected chi connectivity index (χ2v) is 1.60. The van der Waals surface area contributed by atoms with Crippen LogP contribution in [0.25, 0.3) is 0 Å². The van der Waals surface area contributed by atoms with Gasteiger partial charge in [0.15, 0.2) is 6.10 Å². The van der Waals surface area contributed by atoms with E-state index in [1.54, 1.807) is 0 Å². The van der Waals surface area contributed by atoms with Gasteiger partial charge < -0.3 is 15.2 Å². The Morgan fingerprint density at radius 2 is 2.00 bits per heavy atom. The first-order valence-electron chi connectivity index (χ1n) is 2.62. The number of nitrogens with two attached hydrogens (primary N) is 1. The van der Waals surface area contributed by atoms with E-state index in [1.165, 1.54) is 14.0 Å². The summed E-state index contributed by atoms with van der Waals surface area (Å²) in [5, 5.41) is 0. The Kier molecular flexibility index (Phi) is 3.24. The molecule has 0 aliphatic carbocycles. The molecule has 2 N–H and O–H groups in total. The molecule has 0 aliphatic heterocycles. The average molecular weight is 147 g/mol. The molecule has 0 aromatic rings. The monoisotopic (exact) mass is 147 g/mol. The third-order valence-electron chi connectivity index (χ3n) is 0.826. The van der Waals surface area contributed by atoms with Crippen LogP contribution in [0.4, 0.5) is 4.79 Å². The molecule has 10 heavy (non-hydrogen) atoms. The molecule has 1 amide bonds. The van der Waals surface area contributed by atoms with Crippen molar-refractivity contribution in [3.05, 3.63) is 0 Å². The Labute approximate surface area is 58.1 Å². The number of carbonyl (C=O) groups is 2. The van der Waals surface area contributed by atoms with Crippen molar-refractivity contribution in [2.24, 2.45) is 5.73 Å². The first kappa shape index (κ1) is 8.74. The maximum absolute atomic E-state index is 10.5. The van der Waals surface area contributed by atoms with E-state index in [4.69, 9.17) is 0 Å². The van der Waals surface area contributed by atoms with Gasteiger partial charge in [0, 0.05) is 0 Å². The summed E-state index contributed by atoms with van der Waals surface area (Å²) in [6, 6.07) is 0. The number of rotatable bonds is 2. The van der Waals surface area contributed by atoms with Crippen molar-refractivity contribution in [1.29, 1.82) is 0 Å². The molecule has 0 saturated carbocycles. The molecule has 5 heteroatoms. The molecule has 1 atom stereocenters. The minimum absolute atomic E-state index is 0.626. The predicted molar refractivity (Wildman–Crippen MR) is 32.1 cm³/mol. The summed E-state index contributed by atoms with van der Waals surface area (Å²) in [5.41, 5.74) is 4.62. The topological polar surface area (TPSA) is 78.6 Å². The third-order valence-corrected chi connectivity index (χ3v) is 0.826. The number of hydrogen-bond acceptors (Lipinski definition) is 4. The highest BCUT2D eigenvalue weighted by Gasteiger charge is 2.15. The summed E-state index contributed by atoms with van der Waals surface area (Å²) < 4.78 is 8.51. The fourth-order valence-corrected chi connectivity index (χ4v) is 0.388. The third kappa shape index (κ3) is 2.91. The molecule has 0 unspecified atom stereocenters. The van der Waals surface area contributed by atoms with Gasteiger partial charge in [-0.05, 0) is 6.92 Å². The highest BCUT2D eigenvalue weighted by Crippen LogP contribution is 1.91. The van der Waals surface area contributed by atoms with E-state index < -0.39 is 18.2 Å². The zero-order valence-corrected chi connectivity index (χ0v) is 5.79. The summed E-state index contributed by atoms with van der Waals surface area (Å²) in [6.07, 6.45) is -1.92. The van der Waals surface area contributed by atoms with Crippen molar-refractivity contribution in [3.63, 3.8) is 0 Å². The van der Waals surface area contributed by atoms with E-state index in [2.05, 4.69) is 15.2 Å². The molecule has 0 aromatic carbocycles. The van der Waals surface area contributed by atoms with Crippen LogP contribution in [-0.4, -0.2) is 25.3 Å². The van der Waals surface area contributed by atoms with Crippen LogP contribution < -0.4 is 5.73 Å². The van der Waals surface area contributed by atoms with E-state index in [-0.39, 0.29) is 0 Å². The fourth-order valence-electron chi connectivity index (χ4n) is 0.388. The van der Waals surface area contributed by atoms with E-state index in [1.807, 2.05) is 0 Å². The lowest BCUT2D eigenvalue weighted by Gasteiger charge is -2.07. The second-order valence-electron chi connectivity index (χ2n) is 1.60. The van der Waals surface area contributed by atoms with Gasteiger partial charge >= 0.3 is 12.1 Å². The van der Waals surface area contributed by atoms with Crippen molar-refractivity contribution < 1.29 is 19.1 Å². The van der Waals surface area contributed by atoms with Crippen LogP contribution in [0, 0.1) is 0 Å². The lowest BCUT2D eigenvalue weighted by atomic mass is 10.4. The van der Waals surface area contributed by atoms with Crippen molar-refractivity contribution in [2.75, 3.05) is 7.11 Å². The van der Waals surface area contributed by atoms with E-state index in [9.17, 15) is 9.59 Å². The number of ether oxygens (including phenoxy) is 2. The first-order chi connectivity index (χ1) is 4.57. The largest absolute Gasteiger partial charge is 0.466 e. The molecule has 0 spiro atoms. The van der Waals surface area contributed by atoms with Gasteiger partial charge in [-0.2, -0.15) is 0 Å². The van der Waals surface area contributed by atoms with Gasteiger partial charge in [-0.25, -0.2) is 9.59 Å². The van der Waals surface area contributed by atoms with Crippen LogP contribution in [0.15, 0.2) is 0 Å². The van der Waals surface area contributed by atoms with Crippen molar-refractivity contribution >= 4 is 12.1 Å². The van der Waals surface area contributed by atoms with Crippen molar-refractivity contribution in [3.8, 4) is 0 Å². The van der Waals surface area contributed by atoms with E-state index >= 15 is 0 Å². The Morgan fingerprint density at radius 1 is 1.50 bits per heavy atom. The zero-order valence-electron chi connectivity index (χ0n) is 5.79. The van der Waals surface area contributed by atoms with Gasteiger partial charge in [-0.1, -0.05) is 0 Å². The summed E-state index contributed by atoms with van der Waals surface area (Å²) in [7, 11) is 1.20. The van der Waals surface area contributed by atoms with Gasteiger partial charge in [0.25, 0.3) is 0 Å². The molecule has 0 heterocycles. The van der Waals surface area contributed by atoms with Crippen LogP contribution in [-0.2, 0) is 14.3 Å². The Morgan fingerprint density at radius 3 is 2.30 bits per heavy atom. The Bertz CT molecular complexity index is 145. The van der Waals surface area contributed by atoms with Crippen LogP contribution in [0.3, 0.4) is 0 Å². The maximum atomic E-state index is 10.5. The van der Waals surface area contributed by atoms with Gasteiger partial charge in [-0.15, -0.1) is 0 Å². The molecule has 0 aliphatic rings. The number of carbonyl (C=O) groups excluding carboxylic acids is 2. The first-order valence-corrected chi connectivity index (χ1v) is 2.62. The smallest absolute Gasteiger partial charge is 0.405 e. The van der Waals surface area contributed by atoms with Gasteiger partial charge in [0.1, 0.15) is 0 Å². The minimum Gasteiger partial charge on any atom is -0.466 e. The molecular formula is C5H9NO4. The highest BCUT2D eigenvalue weighted by molar-refractivity contribution is 5.77.